The summed E-state index contributed by atoms with van der Waals surface area (Å²) in [6, 6.07) is 2.04. The predicted molar refractivity (Wildman–Crippen MR) is 71.2 cm³/mol. The first-order valence-electron chi connectivity index (χ1n) is 6.76. The van der Waals surface area contributed by atoms with Crippen molar-refractivity contribution in [3.05, 3.63) is 11.9 Å². The minimum absolute atomic E-state index is 0.584. The Morgan fingerprint density at radius 3 is 2.94 bits per heavy atom. The number of nitrogens with one attached hydrogen (secondary N) is 1. The number of hydrogen-bond donors (Lipinski definition) is 1. The fraction of sp³-hybridized carbons (Fsp3) is 0.692. The van der Waals surface area contributed by atoms with Crippen LogP contribution in [0.15, 0.2) is 6.07 Å². The van der Waals surface area contributed by atoms with E-state index >= 15 is 0 Å². The Morgan fingerprint density at radius 2 is 2.17 bits per heavy atom. The van der Waals surface area contributed by atoms with Crippen LogP contribution in [-0.2, 0) is 4.74 Å². The van der Waals surface area contributed by atoms with E-state index in [0.29, 0.717) is 5.92 Å². The normalized spacial score (nSPS) is 20.6. The second-order valence-electron chi connectivity index (χ2n) is 4.95. The van der Waals surface area contributed by atoms with Gasteiger partial charge in [-0.1, -0.05) is 0 Å². The van der Waals surface area contributed by atoms with Gasteiger partial charge in [0.25, 0.3) is 0 Å². The molecule has 2 heterocycles. The molecule has 1 N–H and O–H groups in total. The Bertz CT molecular complexity index is 411. The van der Waals surface area contributed by atoms with Gasteiger partial charge in [-0.2, -0.15) is 0 Å². The van der Waals surface area contributed by atoms with Crippen LogP contribution in [0, 0.1) is 0 Å². The zero-order valence-corrected chi connectivity index (χ0v) is 10.9. The fourth-order valence-corrected chi connectivity index (χ4v) is 2.24. The molecule has 0 aromatic carbocycles. The van der Waals surface area contributed by atoms with Crippen LogP contribution >= 0.6 is 0 Å². The SMILES string of the molecule is CNc1cc(N2CCCOCC2)nc(C2CC2)n1. The maximum atomic E-state index is 5.49. The van der Waals surface area contributed by atoms with E-state index in [1.165, 1.54) is 12.8 Å². The number of nitrogens with zero attached hydrogens (tertiary/aromatic N) is 3. The Labute approximate surface area is 108 Å². The van der Waals surface area contributed by atoms with Gasteiger partial charge in [-0.05, 0) is 19.3 Å². The van der Waals surface area contributed by atoms with Crippen molar-refractivity contribution in [2.24, 2.45) is 0 Å². The van der Waals surface area contributed by atoms with Crippen molar-refractivity contribution in [2.45, 2.75) is 25.2 Å². The zero-order valence-electron chi connectivity index (χ0n) is 10.9. The second kappa shape index (κ2) is 5.10. The largest absolute Gasteiger partial charge is 0.380 e. The van der Waals surface area contributed by atoms with E-state index in [2.05, 4.69) is 15.2 Å². The molecular weight excluding hydrogens is 228 g/mol. The molecule has 0 atom stereocenters. The molecule has 98 valence electrons. The summed E-state index contributed by atoms with van der Waals surface area (Å²) in [5.41, 5.74) is 0. The van der Waals surface area contributed by atoms with Gasteiger partial charge in [0.15, 0.2) is 0 Å². The minimum atomic E-state index is 0.584. The molecule has 1 aromatic heterocycles. The molecule has 0 amide bonds. The first kappa shape index (κ1) is 11.7. The standard InChI is InChI=1S/C13H20N4O/c1-14-11-9-12(16-13(15-11)10-3-4-10)17-5-2-7-18-8-6-17/h9-10H,2-8H2,1H3,(H,14,15,16). The van der Waals surface area contributed by atoms with E-state index in [-0.39, 0.29) is 0 Å². The fourth-order valence-electron chi connectivity index (χ4n) is 2.24. The zero-order chi connectivity index (χ0) is 12.4. The van der Waals surface area contributed by atoms with E-state index < -0.39 is 0 Å². The van der Waals surface area contributed by atoms with Crippen molar-refractivity contribution in [1.29, 1.82) is 0 Å². The molecule has 2 fully saturated rings. The van der Waals surface area contributed by atoms with Gasteiger partial charge in [-0.15, -0.1) is 0 Å². The van der Waals surface area contributed by atoms with Crippen molar-refractivity contribution < 1.29 is 4.74 Å². The smallest absolute Gasteiger partial charge is 0.136 e. The van der Waals surface area contributed by atoms with Gasteiger partial charge in [0.2, 0.25) is 0 Å². The number of hydrogen-bond acceptors (Lipinski definition) is 5. The van der Waals surface area contributed by atoms with Crippen molar-refractivity contribution in [1.82, 2.24) is 9.97 Å². The molecular formula is C13H20N4O. The lowest BCUT2D eigenvalue weighted by molar-refractivity contribution is 0.152. The highest BCUT2D eigenvalue weighted by Gasteiger charge is 2.28. The highest BCUT2D eigenvalue weighted by molar-refractivity contribution is 5.49. The molecule has 0 spiro atoms. The summed E-state index contributed by atoms with van der Waals surface area (Å²) in [6.45, 7) is 3.59. The van der Waals surface area contributed by atoms with E-state index in [9.17, 15) is 0 Å². The lowest BCUT2D eigenvalue weighted by atomic mass is 10.3. The van der Waals surface area contributed by atoms with E-state index in [1.54, 1.807) is 0 Å². The number of ether oxygens (including phenoxy) is 1. The Balaban J connectivity index is 1.86. The van der Waals surface area contributed by atoms with Gasteiger partial charge in [0.1, 0.15) is 17.5 Å². The van der Waals surface area contributed by atoms with Crippen LogP contribution in [0.1, 0.15) is 31.0 Å². The highest BCUT2D eigenvalue weighted by Crippen LogP contribution is 2.39. The van der Waals surface area contributed by atoms with Crippen LogP contribution in [0.25, 0.3) is 0 Å². The molecule has 5 heteroatoms. The van der Waals surface area contributed by atoms with E-state index in [0.717, 1.165) is 50.2 Å². The first-order chi connectivity index (χ1) is 8.86. The van der Waals surface area contributed by atoms with Gasteiger partial charge in [0.05, 0.1) is 6.61 Å². The van der Waals surface area contributed by atoms with E-state index in [1.807, 2.05) is 13.1 Å². The van der Waals surface area contributed by atoms with Crippen molar-refractivity contribution >= 4 is 11.6 Å². The van der Waals surface area contributed by atoms with Gasteiger partial charge >= 0.3 is 0 Å². The van der Waals surface area contributed by atoms with Crippen LogP contribution in [0.3, 0.4) is 0 Å². The lowest BCUT2D eigenvalue weighted by Crippen LogP contribution is -2.27. The maximum Gasteiger partial charge on any atom is 0.136 e. The molecule has 1 saturated carbocycles. The molecule has 2 aliphatic rings. The molecule has 1 saturated heterocycles. The van der Waals surface area contributed by atoms with E-state index in [4.69, 9.17) is 9.72 Å². The summed E-state index contributed by atoms with van der Waals surface area (Å²) in [5, 5.41) is 3.14. The summed E-state index contributed by atoms with van der Waals surface area (Å²) in [5.74, 6) is 3.55. The topological polar surface area (TPSA) is 50.3 Å². The van der Waals surface area contributed by atoms with Crippen molar-refractivity contribution in [3.63, 3.8) is 0 Å². The monoisotopic (exact) mass is 248 g/mol. The average molecular weight is 248 g/mol. The van der Waals surface area contributed by atoms with Crippen LogP contribution < -0.4 is 10.2 Å². The van der Waals surface area contributed by atoms with Crippen LogP contribution in [0.4, 0.5) is 11.6 Å². The molecule has 0 bridgehead atoms. The second-order valence-corrected chi connectivity index (χ2v) is 4.95. The number of aromatic nitrogens is 2. The molecule has 0 unspecified atom stereocenters. The number of anilines is 2. The van der Waals surface area contributed by atoms with Crippen LogP contribution in [0.2, 0.25) is 0 Å². The first-order valence-corrected chi connectivity index (χ1v) is 6.76. The van der Waals surface area contributed by atoms with Gasteiger partial charge in [0, 0.05) is 38.7 Å². The summed E-state index contributed by atoms with van der Waals surface area (Å²) in [4.78, 5) is 11.6. The van der Waals surface area contributed by atoms with Gasteiger partial charge < -0.3 is 15.0 Å². The molecule has 3 rings (SSSR count). The highest BCUT2D eigenvalue weighted by atomic mass is 16.5. The summed E-state index contributed by atoms with van der Waals surface area (Å²) in [7, 11) is 1.91. The third-order valence-corrected chi connectivity index (χ3v) is 3.47. The van der Waals surface area contributed by atoms with Crippen LogP contribution in [-0.4, -0.2) is 43.3 Å². The lowest BCUT2D eigenvalue weighted by Gasteiger charge is -2.21. The van der Waals surface area contributed by atoms with Crippen LogP contribution in [0.5, 0.6) is 0 Å². The quantitative estimate of drug-likeness (QED) is 0.881. The molecule has 18 heavy (non-hydrogen) atoms. The Morgan fingerprint density at radius 1 is 1.28 bits per heavy atom. The number of rotatable bonds is 3. The van der Waals surface area contributed by atoms with Gasteiger partial charge in [-0.25, -0.2) is 9.97 Å². The molecule has 1 aromatic rings. The summed E-state index contributed by atoms with van der Waals surface area (Å²) in [6.07, 6.45) is 3.53. The maximum absolute atomic E-state index is 5.49. The summed E-state index contributed by atoms with van der Waals surface area (Å²) >= 11 is 0. The average Bonchev–Trinajstić information content (AvgIpc) is 3.24. The molecule has 1 aliphatic carbocycles. The Kier molecular flexibility index (Phi) is 3.32. The molecule has 1 aliphatic heterocycles. The third-order valence-electron chi connectivity index (χ3n) is 3.47. The third kappa shape index (κ3) is 2.56. The predicted octanol–water partition coefficient (Wildman–Crippen LogP) is 1.62. The molecule has 5 nitrogen and oxygen atoms in total. The Hall–Kier alpha value is -1.36. The van der Waals surface area contributed by atoms with Crippen molar-refractivity contribution in [2.75, 3.05) is 43.6 Å². The van der Waals surface area contributed by atoms with Gasteiger partial charge in [-0.3, -0.25) is 0 Å². The summed E-state index contributed by atoms with van der Waals surface area (Å²) < 4.78 is 5.49. The van der Waals surface area contributed by atoms with Crippen molar-refractivity contribution in [3.8, 4) is 0 Å². The minimum Gasteiger partial charge on any atom is -0.380 e. The molecule has 0 radical (unpaired) electrons.